The molecule has 0 amide bonds. The molecule has 3 heteroatoms. The maximum absolute atomic E-state index is 4.59. The molecular weight excluding hydrogens is 222 g/mol. The summed E-state index contributed by atoms with van der Waals surface area (Å²) < 4.78 is 2.01. The molecule has 0 spiro atoms. The van der Waals surface area contributed by atoms with Crippen molar-refractivity contribution in [2.75, 3.05) is 5.32 Å². The molecule has 4 saturated carbocycles. The molecule has 0 radical (unpaired) electrons. The second kappa shape index (κ2) is 4.01. The van der Waals surface area contributed by atoms with E-state index in [0.717, 1.165) is 36.0 Å². The van der Waals surface area contributed by atoms with E-state index in [4.69, 9.17) is 0 Å². The van der Waals surface area contributed by atoms with Gasteiger partial charge in [0.2, 0.25) is 0 Å². The van der Waals surface area contributed by atoms with E-state index in [0.29, 0.717) is 6.04 Å². The minimum Gasteiger partial charge on any atom is -0.365 e. The molecule has 4 aliphatic rings. The monoisotopic (exact) mass is 245 g/mol. The molecule has 0 unspecified atom stereocenters. The summed E-state index contributed by atoms with van der Waals surface area (Å²) in [6, 6.07) is 2.84. The van der Waals surface area contributed by atoms with E-state index in [1.165, 1.54) is 32.1 Å². The first-order valence-electron chi connectivity index (χ1n) is 7.61. The second-order valence-corrected chi connectivity index (χ2v) is 6.66. The van der Waals surface area contributed by atoms with Gasteiger partial charge in [-0.05, 0) is 62.7 Å². The number of rotatable bonds is 3. The topological polar surface area (TPSA) is 29.9 Å². The van der Waals surface area contributed by atoms with Crippen molar-refractivity contribution < 1.29 is 0 Å². The molecule has 18 heavy (non-hydrogen) atoms. The number of aromatic nitrogens is 2. The van der Waals surface area contributed by atoms with Gasteiger partial charge in [0, 0.05) is 24.8 Å². The highest BCUT2D eigenvalue weighted by Gasteiger charge is 2.48. The summed E-state index contributed by atoms with van der Waals surface area (Å²) in [7, 11) is 0. The fourth-order valence-corrected chi connectivity index (χ4v) is 4.95. The number of anilines is 1. The molecule has 1 heterocycles. The van der Waals surface area contributed by atoms with Gasteiger partial charge in [0.15, 0.2) is 0 Å². The first-order chi connectivity index (χ1) is 8.81. The molecule has 4 bridgehead atoms. The van der Waals surface area contributed by atoms with Crippen LogP contribution in [-0.4, -0.2) is 15.8 Å². The van der Waals surface area contributed by atoms with E-state index < -0.39 is 0 Å². The SMILES string of the molecule is CCn1ccc(NC2C3CC4CC(C3)CC2C4)n1. The zero-order valence-electron chi connectivity index (χ0n) is 11.2. The Kier molecular flexibility index (Phi) is 2.42. The Labute approximate surface area is 109 Å². The van der Waals surface area contributed by atoms with E-state index >= 15 is 0 Å². The van der Waals surface area contributed by atoms with Gasteiger partial charge in [-0.3, -0.25) is 4.68 Å². The Morgan fingerprint density at radius 1 is 1.17 bits per heavy atom. The van der Waals surface area contributed by atoms with Gasteiger partial charge < -0.3 is 5.32 Å². The Hall–Kier alpha value is -0.990. The smallest absolute Gasteiger partial charge is 0.148 e. The molecule has 98 valence electrons. The molecule has 4 aliphatic carbocycles. The maximum atomic E-state index is 4.59. The number of nitrogens with one attached hydrogen (secondary N) is 1. The zero-order chi connectivity index (χ0) is 12.1. The third-order valence-corrected chi connectivity index (χ3v) is 5.51. The summed E-state index contributed by atoms with van der Waals surface area (Å²) in [6.07, 6.45) is 9.50. The Bertz CT molecular complexity index is 409. The predicted molar refractivity (Wildman–Crippen MR) is 72.4 cm³/mol. The first kappa shape index (κ1) is 10.9. The Balaban J connectivity index is 1.51. The number of hydrogen-bond acceptors (Lipinski definition) is 2. The molecule has 0 atom stereocenters. The maximum Gasteiger partial charge on any atom is 0.148 e. The molecule has 0 aromatic carbocycles. The normalized spacial score (nSPS) is 41.3. The highest BCUT2D eigenvalue weighted by atomic mass is 15.3. The van der Waals surface area contributed by atoms with Crippen molar-refractivity contribution in [3.8, 4) is 0 Å². The van der Waals surface area contributed by atoms with Gasteiger partial charge in [0.05, 0.1) is 0 Å². The van der Waals surface area contributed by atoms with Crippen LogP contribution in [0.25, 0.3) is 0 Å². The summed E-state index contributed by atoms with van der Waals surface area (Å²) >= 11 is 0. The number of nitrogens with zero attached hydrogens (tertiary/aromatic N) is 2. The van der Waals surface area contributed by atoms with Gasteiger partial charge in [0.1, 0.15) is 5.82 Å². The average molecular weight is 245 g/mol. The Morgan fingerprint density at radius 3 is 2.39 bits per heavy atom. The van der Waals surface area contributed by atoms with Gasteiger partial charge in [-0.2, -0.15) is 5.10 Å². The van der Waals surface area contributed by atoms with Crippen LogP contribution < -0.4 is 5.32 Å². The van der Waals surface area contributed by atoms with Crippen LogP contribution in [0.5, 0.6) is 0 Å². The van der Waals surface area contributed by atoms with Gasteiger partial charge in [-0.25, -0.2) is 0 Å². The summed E-state index contributed by atoms with van der Waals surface area (Å²) in [5.74, 6) is 5.05. The van der Waals surface area contributed by atoms with Gasteiger partial charge in [-0.1, -0.05) is 0 Å². The summed E-state index contributed by atoms with van der Waals surface area (Å²) in [5, 5.41) is 8.33. The third kappa shape index (κ3) is 1.67. The van der Waals surface area contributed by atoms with Crippen LogP contribution in [0.3, 0.4) is 0 Å². The van der Waals surface area contributed by atoms with Crippen molar-refractivity contribution in [2.45, 2.75) is 51.6 Å². The lowest BCUT2D eigenvalue weighted by Crippen LogP contribution is -2.51. The van der Waals surface area contributed by atoms with Gasteiger partial charge in [-0.15, -0.1) is 0 Å². The third-order valence-electron chi connectivity index (χ3n) is 5.51. The van der Waals surface area contributed by atoms with Crippen LogP contribution in [0.2, 0.25) is 0 Å². The van der Waals surface area contributed by atoms with Crippen LogP contribution in [0.1, 0.15) is 39.0 Å². The molecular formula is C15H23N3. The molecule has 1 aromatic heterocycles. The van der Waals surface area contributed by atoms with Crippen LogP contribution in [-0.2, 0) is 6.54 Å². The lowest BCUT2D eigenvalue weighted by atomic mass is 9.54. The molecule has 1 aromatic rings. The predicted octanol–water partition coefficient (Wildman–Crippen LogP) is 3.14. The van der Waals surface area contributed by atoms with Crippen LogP contribution in [0, 0.1) is 23.7 Å². The highest BCUT2D eigenvalue weighted by molar-refractivity contribution is 5.35. The van der Waals surface area contributed by atoms with E-state index in [1.54, 1.807) is 0 Å². The van der Waals surface area contributed by atoms with Gasteiger partial charge >= 0.3 is 0 Å². The standard InChI is InChI=1S/C15H23N3/c1-2-18-4-3-14(17-18)16-15-12-6-10-5-11(8-12)9-13(15)7-10/h3-4,10-13,15H,2,5-9H2,1H3,(H,16,17). The molecule has 0 aliphatic heterocycles. The van der Waals surface area contributed by atoms with Crippen molar-refractivity contribution in [3.63, 3.8) is 0 Å². The van der Waals surface area contributed by atoms with Crippen LogP contribution in [0.15, 0.2) is 12.3 Å². The summed E-state index contributed by atoms with van der Waals surface area (Å²) in [5.41, 5.74) is 0. The van der Waals surface area contributed by atoms with Crippen molar-refractivity contribution in [3.05, 3.63) is 12.3 Å². The first-order valence-corrected chi connectivity index (χ1v) is 7.61. The highest BCUT2D eigenvalue weighted by Crippen LogP contribution is 2.54. The Morgan fingerprint density at radius 2 is 1.83 bits per heavy atom. The second-order valence-electron chi connectivity index (χ2n) is 6.66. The van der Waals surface area contributed by atoms with Crippen LogP contribution >= 0.6 is 0 Å². The zero-order valence-corrected chi connectivity index (χ0v) is 11.2. The number of hydrogen-bond donors (Lipinski definition) is 1. The average Bonchev–Trinajstić information content (AvgIpc) is 2.80. The van der Waals surface area contributed by atoms with Crippen molar-refractivity contribution in [1.29, 1.82) is 0 Å². The van der Waals surface area contributed by atoms with Crippen molar-refractivity contribution in [2.24, 2.45) is 23.7 Å². The molecule has 0 saturated heterocycles. The van der Waals surface area contributed by atoms with E-state index in [9.17, 15) is 0 Å². The summed E-state index contributed by atoms with van der Waals surface area (Å²) in [4.78, 5) is 0. The van der Waals surface area contributed by atoms with Gasteiger partial charge in [0.25, 0.3) is 0 Å². The van der Waals surface area contributed by atoms with Crippen LogP contribution in [0.4, 0.5) is 5.82 Å². The number of aryl methyl sites for hydroxylation is 1. The molecule has 1 N–H and O–H groups in total. The minimum absolute atomic E-state index is 0.706. The van der Waals surface area contributed by atoms with Crippen molar-refractivity contribution in [1.82, 2.24) is 9.78 Å². The van der Waals surface area contributed by atoms with Crippen molar-refractivity contribution >= 4 is 5.82 Å². The molecule has 3 nitrogen and oxygen atoms in total. The quantitative estimate of drug-likeness (QED) is 0.886. The fourth-order valence-electron chi connectivity index (χ4n) is 4.95. The lowest BCUT2D eigenvalue weighted by Gasteiger charge is -2.54. The fraction of sp³-hybridized carbons (Fsp3) is 0.800. The molecule has 4 fully saturated rings. The minimum atomic E-state index is 0.706. The molecule has 5 rings (SSSR count). The largest absolute Gasteiger partial charge is 0.365 e. The lowest BCUT2D eigenvalue weighted by molar-refractivity contribution is 0.00740. The summed E-state index contributed by atoms with van der Waals surface area (Å²) in [6.45, 7) is 3.10. The van der Waals surface area contributed by atoms with E-state index in [1.807, 2.05) is 4.68 Å². The van der Waals surface area contributed by atoms with E-state index in [2.05, 4.69) is 29.6 Å². The van der Waals surface area contributed by atoms with E-state index in [-0.39, 0.29) is 0 Å².